The predicted molar refractivity (Wildman–Crippen MR) is 98.5 cm³/mol. The molecule has 1 aliphatic carbocycles. The molecule has 25 heavy (non-hydrogen) atoms. The molecule has 1 saturated carbocycles. The molecular formula is C20H26N2O3. The third-order valence-electron chi connectivity index (χ3n) is 4.46. The number of carbonyl (C=O) groups excluding carboxylic acids is 3. The quantitative estimate of drug-likeness (QED) is 0.487. The van der Waals surface area contributed by atoms with Crippen molar-refractivity contribution < 1.29 is 14.4 Å². The van der Waals surface area contributed by atoms with Crippen molar-refractivity contribution in [2.24, 2.45) is 0 Å². The topological polar surface area (TPSA) is 75.3 Å². The molecule has 0 radical (unpaired) electrons. The highest BCUT2D eigenvalue weighted by molar-refractivity contribution is 6.06. The van der Waals surface area contributed by atoms with Crippen LogP contribution in [0.1, 0.15) is 62.7 Å². The van der Waals surface area contributed by atoms with Crippen LogP contribution in [0.4, 0.5) is 5.69 Å². The number of Topliss-reactive ketones (excluding diaryl/α,β-unsaturated/α-hetero) is 1. The minimum Gasteiger partial charge on any atom is -0.350 e. The number of ketones is 1. The van der Waals surface area contributed by atoms with Crippen LogP contribution in [-0.2, 0) is 9.59 Å². The van der Waals surface area contributed by atoms with Crippen molar-refractivity contribution in [3.05, 3.63) is 41.5 Å². The van der Waals surface area contributed by atoms with Crippen LogP contribution in [-0.4, -0.2) is 23.6 Å². The summed E-state index contributed by atoms with van der Waals surface area (Å²) < 4.78 is 0. The SMILES string of the molecule is CC(=O)c1ccc(NC(=O)/C=C(/C)C(=O)NC2CCCCCC2)cc1. The summed E-state index contributed by atoms with van der Waals surface area (Å²) in [6.07, 6.45) is 8.07. The summed E-state index contributed by atoms with van der Waals surface area (Å²) in [5.74, 6) is -0.568. The Morgan fingerprint density at radius 3 is 2.12 bits per heavy atom. The van der Waals surface area contributed by atoms with Gasteiger partial charge in [-0.2, -0.15) is 0 Å². The van der Waals surface area contributed by atoms with Crippen LogP contribution in [0.5, 0.6) is 0 Å². The standard InChI is InChI=1S/C20H26N2O3/c1-14(20(25)22-17-7-5-3-4-6-8-17)13-19(24)21-18-11-9-16(10-12-18)15(2)23/h9-13,17H,3-8H2,1-2H3,(H,21,24)(H,22,25)/b14-13-. The average Bonchev–Trinajstić information content (AvgIpc) is 2.83. The third kappa shape index (κ3) is 6.18. The van der Waals surface area contributed by atoms with Gasteiger partial charge in [0.05, 0.1) is 0 Å². The molecule has 5 heteroatoms. The van der Waals surface area contributed by atoms with Gasteiger partial charge >= 0.3 is 0 Å². The fourth-order valence-corrected chi connectivity index (χ4v) is 2.95. The number of amides is 2. The lowest BCUT2D eigenvalue weighted by atomic mass is 10.1. The highest BCUT2D eigenvalue weighted by atomic mass is 16.2. The van der Waals surface area contributed by atoms with Gasteiger partial charge in [-0.3, -0.25) is 14.4 Å². The van der Waals surface area contributed by atoms with E-state index in [4.69, 9.17) is 0 Å². The van der Waals surface area contributed by atoms with Gasteiger partial charge in [0.1, 0.15) is 0 Å². The van der Waals surface area contributed by atoms with Crippen molar-refractivity contribution in [3.63, 3.8) is 0 Å². The van der Waals surface area contributed by atoms with Crippen molar-refractivity contribution in [3.8, 4) is 0 Å². The predicted octanol–water partition coefficient (Wildman–Crippen LogP) is 3.61. The van der Waals surface area contributed by atoms with Crippen LogP contribution in [0.2, 0.25) is 0 Å². The smallest absolute Gasteiger partial charge is 0.248 e. The Balaban J connectivity index is 1.89. The minimum absolute atomic E-state index is 0.0243. The molecule has 1 aliphatic rings. The molecule has 0 saturated heterocycles. The number of carbonyl (C=O) groups is 3. The molecule has 134 valence electrons. The Labute approximate surface area is 148 Å². The molecule has 0 aromatic heterocycles. The van der Waals surface area contributed by atoms with Crippen molar-refractivity contribution in [1.82, 2.24) is 5.32 Å². The van der Waals surface area contributed by atoms with Crippen LogP contribution in [0.15, 0.2) is 35.9 Å². The molecular weight excluding hydrogens is 316 g/mol. The van der Waals surface area contributed by atoms with Crippen LogP contribution in [0.3, 0.4) is 0 Å². The van der Waals surface area contributed by atoms with Crippen LogP contribution < -0.4 is 10.6 Å². The van der Waals surface area contributed by atoms with Crippen LogP contribution in [0.25, 0.3) is 0 Å². The second-order valence-corrected chi connectivity index (χ2v) is 6.61. The number of hydrogen-bond donors (Lipinski definition) is 2. The lowest BCUT2D eigenvalue weighted by Gasteiger charge is -2.16. The van der Waals surface area contributed by atoms with Gasteiger partial charge in [-0.05, 0) is 51.0 Å². The second-order valence-electron chi connectivity index (χ2n) is 6.61. The average molecular weight is 342 g/mol. The molecule has 0 bridgehead atoms. The molecule has 0 heterocycles. The van der Waals surface area contributed by atoms with Crippen molar-refractivity contribution in [2.45, 2.75) is 58.4 Å². The fraction of sp³-hybridized carbons (Fsp3) is 0.450. The zero-order valence-electron chi connectivity index (χ0n) is 14.9. The van der Waals surface area contributed by atoms with E-state index >= 15 is 0 Å². The monoisotopic (exact) mass is 342 g/mol. The summed E-state index contributed by atoms with van der Waals surface area (Å²) in [5, 5.41) is 5.72. The maximum Gasteiger partial charge on any atom is 0.248 e. The third-order valence-corrected chi connectivity index (χ3v) is 4.46. The maximum atomic E-state index is 12.2. The minimum atomic E-state index is -0.357. The fourth-order valence-electron chi connectivity index (χ4n) is 2.95. The first-order chi connectivity index (χ1) is 12.0. The van der Waals surface area contributed by atoms with Crippen LogP contribution >= 0.6 is 0 Å². The first-order valence-corrected chi connectivity index (χ1v) is 8.87. The highest BCUT2D eigenvalue weighted by Crippen LogP contribution is 2.17. The number of nitrogens with one attached hydrogen (secondary N) is 2. The molecule has 2 N–H and O–H groups in total. The maximum absolute atomic E-state index is 12.2. The Morgan fingerprint density at radius 2 is 1.56 bits per heavy atom. The molecule has 1 aromatic carbocycles. The van der Waals surface area contributed by atoms with E-state index in [1.807, 2.05) is 0 Å². The van der Waals surface area contributed by atoms with E-state index in [-0.39, 0.29) is 23.6 Å². The number of anilines is 1. The summed E-state index contributed by atoms with van der Waals surface area (Å²) in [6.45, 7) is 3.14. The van der Waals surface area contributed by atoms with Gasteiger partial charge in [-0.25, -0.2) is 0 Å². The molecule has 1 aromatic rings. The largest absolute Gasteiger partial charge is 0.350 e. The van der Waals surface area contributed by atoms with E-state index < -0.39 is 0 Å². The molecule has 0 unspecified atom stereocenters. The number of hydrogen-bond acceptors (Lipinski definition) is 3. The normalized spacial score (nSPS) is 16.0. The molecule has 2 amide bonds. The van der Waals surface area contributed by atoms with E-state index in [2.05, 4.69) is 10.6 Å². The Hall–Kier alpha value is -2.43. The first kappa shape index (κ1) is 18.9. The van der Waals surface area contributed by atoms with E-state index in [9.17, 15) is 14.4 Å². The molecule has 0 spiro atoms. The lowest BCUT2D eigenvalue weighted by Crippen LogP contribution is -2.35. The van der Waals surface area contributed by atoms with E-state index in [1.165, 1.54) is 25.8 Å². The number of benzene rings is 1. The van der Waals surface area contributed by atoms with Crippen molar-refractivity contribution in [2.75, 3.05) is 5.32 Å². The summed E-state index contributed by atoms with van der Waals surface area (Å²) in [7, 11) is 0. The first-order valence-electron chi connectivity index (χ1n) is 8.87. The van der Waals surface area contributed by atoms with Gasteiger partial charge in [0.15, 0.2) is 5.78 Å². The van der Waals surface area contributed by atoms with Gasteiger partial charge in [0.25, 0.3) is 0 Å². The molecule has 2 rings (SSSR count). The molecule has 5 nitrogen and oxygen atoms in total. The van der Waals surface area contributed by atoms with Crippen molar-refractivity contribution in [1.29, 1.82) is 0 Å². The van der Waals surface area contributed by atoms with E-state index in [0.717, 1.165) is 25.7 Å². The second kappa shape index (κ2) is 9.16. The molecule has 0 atom stereocenters. The highest BCUT2D eigenvalue weighted by Gasteiger charge is 2.16. The summed E-state index contributed by atoms with van der Waals surface area (Å²) in [5.41, 5.74) is 1.57. The van der Waals surface area contributed by atoms with Crippen LogP contribution in [0, 0.1) is 0 Å². The summed E-state index contributed by atoms with van der Waals surface area (Å²) >= 11 is 0. The lowest BCUT2D eigenvalue weighted by molar-refractivity contribution is -0.119. The van der Waals surface area contributed by atoms with Gasteiger partial charge in [-0.15, -0.1) is 0 Å². The molecule has 1 fully saturated rings. The van der Waals surface area contributed by atoms with Gasteiger partial charge in [0.2, 0.25) is 11.8 Å². The zero-order valence-corrected chi connectivity index (χ0v) is 14.9. The van der Waals surface area contributed by atoms with E-state index in [0.29, 0.717) is 16.8 Å². The summed E-state index contributed by atoms with van der Waals surface area (Å²) in [6, 6.07) is 6.87. The van der Waals surface area contributed by atoms with Crippen molar-refractivity contribution >= 4 is 23.3 Å². The zero-order chi connectivity index (χ0) is 18.2. The van der Waals surface area contributed by atoms with Gasteiger partial charge < -0.3 is 10.6 Å². The Kier molecular flexibility index (Phi) is 6.92. The Bertz CT molecular complexity index is 654. The van der Waals surface area contributed by atoms with E-state index in [1.54, 1.807) is 31.2 Å². The number of rotatable bonds is 5. The Morgan fingerprint density at radius 1 is 0.960 bits per heavy atom. The summed E-state index contributed by atoms with van der Waals surface area (Å²) in [4.78, 5) is 35.5. The molecule has 0 aliphatic heterocycles. The van der Waals surface area contributed by atoms with Gasteiger partial charge in [0, 0.05) is 28.9 Å². The van der Waals surface area contributed by atoms with Gasteiger partial charge in [-0.1, -0.05) is 25.7 Å².